The highest BCUT2D eigenvalue weighted by molar-refractivity contribution is 5.29. The van der Waals surface area contributed by atoms with Crippen LogP contribution in [0.3, 0.4) is 0 Å². The van der Waals surface area contributed by atoms with Gasteiger partial charge < -0.3 is 5.11 Å². The van der Waals surface area contributed by atoms with Gasteiger partial charge in [-0.15, -0.1) is 0 Å². The minimum Gasteiger partial charge on any atom is -0.388 e. The van der Waals surface area contributed by atoms with E-state index < -0.39 is 23.7 Å². The summed E-state index contributed by atoms with van der Waals surface area (Å²) in [6, 6.07) is 2.77. The van der Waals surface area contributed by atoms with Crippen LogP contribution in [-0.2, 0) is 6.18 Å². The van der Waals surface area contributed by atoms with Crippen LogP contribution in [0.2, 0.25) is 0 Å². The third kappa shape index (κ3) is 3.32. The van der Waals surface area contributed by atoms with E-state index in [9.17, 15) is 22.7 Å². The molecule has 1 aromatic carbocycles. The summed E-state index contributed by atoms with van der Waals surface area (Å²) in [6.45, 7) is 2.07. The number of alkyl halides is 3. The van der Waals surface area contributed by atoms with Gasteiger partial charge in [0.2, 0.25) is 0 Å². The standard InChI is InChI=1S/C15H18F4O/c1-9-3-2-4-10(7-9)14(20)11-5-6-13(16)12(8-11)15(17,18)19/h5-6,8-10,14,20H,2-4,7H2,1H3. The average Bonchev–Trinajstić information content (AvgIpc) is 2.37. The van der Waals surface area contributed by atoms with E-state index in [2.05, 4.69) is 6.92 Å². The highest BCUT2D eigenvalue weighted by Gasteiger charge is 2.35. The molecule has 5 heteroatoms. The average molecular weight is 290 g/mol. The van der Waals surface area contributed by atoms with Crippen molar-refractivity contribution in [2.24, 2.45) is 11.8 Å². The van der Waals surface area contributed by atoms with Gasteiger partial charge in [0.1, 0.15) is 5.82 Å². The van der Waals surface area contributed by atoms with Crippen LogP contribution < -0.4 is 0 Å². The third-order valence-corrected chi connectivity index (χ3v) is 4.06. The molecule has 1 nitrogen and oxygen atoms in total. The molecular weight excluding hydrogens is 272 g/mol. The first-order valence-corrected chi connectivity index (χ1v) is 6.83. The van der Waals surface area contributed by atoms with E-state index in [1.807, 2.05) is 0 Å². The van der Waals surface area contributed by atoms with Gasteiger partial charge in [-0.25, -0.2) is 4.39 Å². The Morgan fingerprint density at radius 3 is 2.55 bits per heavy atom. The summed E-state index contributed by atoms with van der Waals surface area (Å²) in [4.78, 5) is 0. The molecule has 0 bridgehead atoms. The SMILES string of the molecule is CC1CCCC(C(O)c2ccc(F)c(C(F)(F)F)c2)C1. The Kier molecular flexibility index (Phi) is 4.37. The zero-order valence-electron chi connectivity index (χ0n) is 11.3. The Bertz CT molecular complexity index is 469. The molecule has 1 aliphatic carbocycles. The monoisotopic (exact) mass is 290 g/mol. The lowest BCUT2D eigenvalue weighted by Gasteiger charge is -2.30. The summed E-state index contributed by atoms with van der Waals surface area (Å²) in [7, 11) is 0. The molecule has 1 aliphatic rings. The molecule has 1 aromatic rings. The Labute approximate surface area is 115 Å². The maximum absolute atomic E-state index is 13.2. The molecule has 0 aliphatic heterocycles. The summed E-state index contributed by atoms with van der Waals surface area (Å²) in [5, 5.41) is 10.3. The predicted octanol–water partition coefficient (Wildman–Crippen LogP) is 4.70. The molecule has 1 fully saturated rings. The first-order valence-electron chi connectivity index (χ1n) is 6.83. The van der Waals surface area contributed by atoms with Crippen molar-refractivity contribution in [1.29, 1.82) is 0 Å². The van der Waals surface area contributed by atoms with E-state index in [4.69, 9.17) is 0 Å². The summed E-state index contributed by atoms with van der Waals surface area (Å²) < 4.78 is 51.3. The second-order valence-electron chi connectivity index (χ2n) is 5.71. The van der Waals surface area contributed by atoms with Crippen molar-refractivity contribution in [3.05, 3.63) is 35.1 Å². The number of rotatable bonds is 2. The molecule has 1 saturated carbocycles. The quantitative estimate of drug-likeness (QED) is 0.782. The van der Waals surface area contributed by atoms with Crippen molar-refractivity contribution in [2.45, 2.75) is 44.9 Å². The summed E-state index contributed by atoms with van der Waals surface area (Å²) in [5.74, 6) is -0.887. The van der Waals surface area contributed by atoms with Crippen LogP contribution in [-0.4, -0.2) is 5.11 Å². The third-order valence-electron chi connectivity index (χ3n) is 4.06. The largest absolute Gasteiger partial charge is 0.419 e. The topological polar surface area (TPSA) is 20.2 Å². The lowest BCUT2D eigenvalue weighted by atomic mass is 9.78. The van der Waals surface area contributed by atoms with Crippen molar-refractivity contribution in [3.8, 4) is 0 Å². The molecule has 20 heavy (non-hydrogen) atoms. The Hall–Kier alpha value is -1.10. The van der Waals surface area contributed by atoms with Crippen molar-refractivity contribution >= 4 is 0 Å². The van der Waals surface area contributed by atoms with Crippen LogP contribution in [0.4, 0.5) is 17.6 Å². The molecule has 0 heterocycles. The van der Waals surface area contributed by atoms with Gasteiger partial charge in [0, 0.05) is 0 Å². The first kappa shape index (κ1) is 15.3. The van der Waals surface area contributed by atoms with E-state index in [1.54, 1.807) is 0 Å². The van der Waals surface area contributed by atoms with Crippen molar-refractivity contribution in [3.63, 3.8) is 0 Å². The van der Waals surface area contributed by atoms with Gasteiger partial charge in [0.05, 0.1) is 11.7 Å². The summed E-state index contributed by atoms with van der Waals surface area (Å²) in [6.07, 6.45) is -2.06. The van der Waals surface area contributed by atoms with E-state index in [0.29, 0.717) is 5.92 Å². The maximum atomic E-state index is 13.2. The Morgan fingerprint density at radius 2 is 1.95 bits per heavy atom. The van der Waals surface area contributed by atoms with E-state index in [-0.39, 0.29) is 11.5 Å². The highest BCUT2D eigenvalue weighted by Crippen LogP contribution is 2.39. The minimum absolute atomic E-state index is 0.0507. The summed E-state index contributed by atoms with van der Waals surface area (Å²) >= 11 is 0. The van der Waals surface area contributed by atoms with Crippen LogP contribution >= 0.6 is 0 Å². The fraction of sp³-hybridized carbons (Fsp3) is 0.600. The molecule has 0 saturated heterocycles. The lowest BCUT2D eigenvalue weighted by Crippen LogP contribution is -2.21. The Morgan fingerprint density at radius 1 is 1.25 bits per heavy atom. The number of aliphatic hydroxyl groups is 1. The number of hydrogen-bond donors (Lipinski definition) is 1. The molecule has 2 rings (SSSR count). The zero-order valence-corrected chi connectivity index (χ0v) is 11.3. The molecule has 1 N–H and O–H groups in total. The fourth-order valence-electron chi connectivity index (χ4n) is 2.98. The zero-order chi connectivity index (χ0) is 14.9. The highest BCUT2D eigenvalue weighted by atomic mass is 19.4. The summed E-state index contributed by atoms with van der Waals surface area (Å²) in [5.41, 5.74) is -1.16. The Balaban J connectivity index is 2.24. The maximum Gasteiger partial charge on any atom is 0.419 e. The van der Waals surface area contributed by atoms with Crippen molar-refractivity contribution in [1.82, 2.24) is 0 Å². The molecule has 0 radical (unpaired) electrons. The van der Waals surface area contributed by atoms with Crippen LogP contribution in [0.5, 0.6) is 0 Å². The van der Waals surface area contributed by atoms with Gasteiger partial charge in [-0.1, -0.05) is 25.8 Å². The van der Waals surface area contributed by atoms with E-state index in [1.165, 1.54) is 6.07 Å². The number of benzene rings is 1. The van der Waals surface area contributed by atoms with Gasteiger partial charge in [0.25, 0.3) is 0 Å². The molecular formula is C15H18F4O. The van der Waals surface area contributed by atoms with Crippen LogP contribution in [0.15, 0.2) is 18.2 Å². The number of halogens is 4. The van der Waals surface area contributed by atoms with Crippen molar-refractivity contribution in [2.75, 3.05) is 0 Å². The molecule has 0 aromatic heterocycles. The lowest BCUT2D eigenvalue weighted by molar-refractivity contribution is -0.140. The van der Waals surface area contributed by atoms with Gasteiger partial charge in [-0.05, 0) is 42.4 Å². The smallest absolute Gasteiger partial charge is 0.388 e. The minimum atomic E-state index is -4.74. The molecule has 3 unspecified atom stereocenters. The van der Waals surface area contributed by atoms with Crippen LogP contribution in [0.1, 0.15) is 49.8 Å². The van der Waals surface area contributed by atoms with E-state index in [0.717, 1.165) is 37.8 Å². The van der Waals surface area contributed by atoms with Gasteiger partial charge >= 0.3 is 6.18 Å². The molecule has 3 atom stereocenters. The van der Waals surface area contributed by atoms with Gasteiger partial charge in [-0.2, -0.15) is 13.2 Å². The predicted molar refractivity (Wildman–Crippen MR) is 67.5 cm³/mol. The van der Waals surface area contributed by atoms with Gasteiger partial charge in [-0.3, -0.25) is 0 Å². The van der Waals surface area contributed by atoms with Crippen LogP contribution in [0.25, 0.3) is 0 Å². The van der Waals surface area contributed by atoms with Gasteiger partial charge in [0.15, 0.2) is 0 Å². The number of aliphatic hydroxyl groups excluding tert-OH is 1. The second-order valence-corrected chi connectivity index (χ2v) is 5.71. The van der Waals surface area contributed by atoms with Crippen molar-refractivity contribution < 1.29 is 22.7 Å². The fourth-order valence-corrected chi connectivity index (χ4v) is 2.98. The van der Waals surface area contributed by atoms with E-state index >= 15 is 0 Å². The molecule has 0 spiro atoms. The molecule has 112 valence electrons. The molecule has 0 amide bonds. The normalized spacial score (nSPS) is 25.5. The second kappa shape index (κ2) is 5.72. The number of hydrogen-bond acceptors (Lipinski definition) is 1. The van der Waals surface area contributed by atoms with Crippen LogP contribution in [0, 0.1) is 17.7 Å². The first-order chi connectivity index (χ1) is 9.29.